The van der Waals surface area contributed by atoms with Gasteiger partial charge in [0.25, 0.3) is 0 Å². The van der Waals surface area contributed by atoms with Crippen LogP contribution in [0.3, 0.4) is 0 Å². The van der Waals surface area contributed by atoms with E-state index in [0.717, 1.165) is 52.3 Å². The summed E-state index contributed by atoms with van der Waals surface area (Å²) in [5.74, 6) is -0.232. The largest absolute Gasteiger partial charge is 0.377 e. The first-order valence-corrected chi connectivity index (χ1v) is 6.98. The average molecular weight is 241 g/mol. The number of hydrogen-bond acceptors (Lipinski definition) is 4. The summed E-state index contributed by atoms with van der Waals surface area (Å²) in [6, 6.07) is 0. The van der Waals surface area contributed by atoms with E-state index in [1.165, 1.54) is 19.3 Å². The molecule has 0 aromatic rings. The summed E-state index contributed by atoms with van der Waals surface area (Å²) in [5, 5.41) is 0. The van der Waals surface area contributed by atoms with Crippen molar-refractivity contribution in [2.24, 2.45) is 0 Å². The fraction of sp³-hybridized carbons (Fsp3) is 1.00. The van der Waals surface area contributed by atoms with Gasteiger partial charge in [-0.25, -0.2) is 0 Å². The van der Waals surface area contributed by atoms with E-state index in [-0.39, 0.29) is 5.79 Å². The third kappa shape index (κ3) is 2.81. The van der Waals surface area contributed by atoms with Crippen molar-refractivity contribution in [1.82, 2.24) is 4.90 Å². The molecule has 0 amide bonds. The molecule has 17 heavy (non-hydrogen) atoms. The Morgan fingerprint density at radius 2 is 1.76 bits per heavy atom. The maximum absolute atomic E-state index is 5.79. The molecule has 0 radical (unpaired) electrons. The zero-order chi connectivity index (χ0) is 11.6. The molecule has 4 heteroatoms. The van der Waals surface area contributed by atoms with Crippen LogP contribution in [0.1, 0.15) is 32.1 Å². The lowest BCUT2D eigenvalue weighted by Gasteiger charge is -2.39. The number of nitrogens with zero attached hydrogens (tertiary/aromatic N) is 1. The van der Waals surface area contributed by atoms with Crippen molar-refractivity contribution < 1.29 is 14.2 Å². The Morgan fingerprint density at radius 3 is 2.41 bits per heavy atom. The van der Waals surface area contributed by atoms with E-state index in [9.17, 15) is 0 Å². The quantitative estimate of drug-likeness (QED) is 0.731. The summed E-state index contributed by atoms with van der Waals surface area (Å²) >= 11 is 0. The Labute approximate surface area is 103 Å². The number of rotatable bonds is 2. The summed E-state index contributed by atoms with van der Waals surface area (Å²) in [4.78, 5) is 2.51. The van der Waals surface area contributed by atoms with Crippen molar-refractivity contribution in [1.29, 1.82) is 0 Å². The first kappa shape index (κ1) is 11.9. The molecule has 0 saturated carbocycles. The van der Waals surface area contributed by atoms with Crippen molar-refractivity contribution >= 4 is 0 Å². The van der Waals surface area contributed by atoms with Crippen molar-refractivity contribution in [2.45, 2.75) is 44.0 Å². The van der Waals surface area contributed by atoms with Gasteiger partial charge in [-0.05, 0) is 19.3 Å². The summed E-state index contributed by atoms with van der Waals surface area (Å²) in [5.41, 5.74) is 0. The minimum absolute atomic E-state index is 0.232. The van der Waals surface area contributed by atoms with Crippen LogP contribution in [0.15, 0.2) is 0 Å². The Bertz CT molecular complexity index is 237. The van der Waals surface area contributed by atoms with Crippen molar-refractivity contribution in [3.8, 4) is 0 Å². The number of piperidine rings is 1. The van der Waals surface area contributed by atoms with Crippen LogP contribution in [0, 0.1) is 0 Å². The summed E-state index contributed by atoms with van der Waals surface area (Å²) in [7, 11) is 0. The highest BCUT2D eigenvalue weighted by Crippen LogP contribution is 2.31. The normalized spacial score (nSPS) is 34.2. The minimum atomic E-state index is -0.232. The number of ether oxygens (including phenoxy) is 3. The molecule has 3 fully saturated rings. The molecular weight excluding hydrogens is 218 g/mol. The van der Waals surface area contributed by atoms with Gasteiger partial charge in [-0.1, -0.05) is 0 Å². The van der Waals surface area contributed by atoms with Gasteiger partial charge in [0.2, 0.25) is 0 Å². The molecule has 1 spiro atoms. The van der Waals surface area contributed by atoms with Crippen LogP contribution in [-0.4, -0.2) is 56.2 Å². The lowest BCUT2D eigenvalue weighted by atomic mass is 10.0. The minimum Gasteiger partial charge on any atom is -0.377 e. The zero-order valence-electron chi connectivity index (χ0n) is 10.5. The van der Waals surface area contributed by atoms with Gasteiger partial charge in [0, 0.05) is 39.1 Å². The third-order valence-corrected chi connectivity index (χ3v) is 4.17. The van der Waals surface area contributed by atoms with Gasteiger partial charge in [-0.2, -0.15) is 0 Å². The van der Waals surface area contributed by atoms with Crippen LogP contribution in [0.5, 0.6) is 0 Å². The van der Waals surface area contributed by atoms with E-state index in [0.29, 0.717) is 6.10 Å². The Balaban J connectivity index is 1.44. The molecule has 3 rings (SSSR count). The van der Waals surface area contributed by atoms with Crippen LogP contribution in [-0.2, 0) is 14.2 Å². The van der Waals surface area contributed by atoms with E-state index in [1.807, 2.05) is 0 Å². The summed E-state index contributed by atoms with van der Waals surface area (Å²) in [6.07, 6.45) is 6.28. The lowest BCUT2D eigenvalue weighted by molar-refractivity contribution is -0.187. The lowest BCUT2D eigenvalue weighted by Crippen LogP contribution is -2.47. The van der Waals surface area contributed by atoms with E-state index >= 15 is 0 Å². The maximum Gasteiger partial charge on any atom is 0.170 e. The van der Waals surface area contributed by atoms with E-state index in [4.69, 9.17) is 14.2 Å². The molecule has 0 bridgehead atoms. The van der Waals surface area contributed by atoms with E-state index in [1.54, 1.807) is 0 Å². The number of likely N-dealkylation sites (tertiary alicyclic amines) is 1. The highest BCUT2D eigenvalue weighted by atomic mass is 16.7. The monoisotopic (exact) mass is 241 g/mol. The van der Waals surface area contributed by atoms with Crippen LogP contribution < -0.4 is 0 Å². The van der Waals surface area contributed by atoms with Gasteiger partial charge in [0.1, 0.15) is 0 Å². The molecule has 1 unspecified atom stereocenters. The standard InChI is InChI=1S/C13H23NO3/c1-2-8-15-12(3-1)11-14-6-4-13(5-7-14)16-9-10-17-13/h12H,1-11H2. The van der Waals surface area contributed by atoms with Gasteiger partial charge < -0.3 is 19.1 Å². The molecular formula is C13H23NO3. The molecule has 0 N–H and O–H groups in total. The first-order chi connectivity index (χ1) is 8.36. The molecule has 98 valence electrons. The predicted molar refractivity (Wildman–Crippen MR) is 63.9 cm³/mol. The van der Waals surface area contributed by atoms with Gasteiger partial charge >= 0.3 is 0 Å². The Hall–Kier alpha value is -0.160. The molecule has 0 aromatic carbocycles. The van der Waals surface area contributed by atoms with Crippen LogP contribution >= 0.6 is 0 Å². The highest BCUT2D eigenvalue weighted by molar-refractivity contribution is 4.84. The molecule has 3 aliphatic rings. The summed E-state index contributed by atoms with van der Waals surface area (Å²) < 4.78 is 17.3. The Kier molecular flexibility index (Phi) is 3.66. The smallest absolute Gasteiger partial charge is 0.170 e. The van der Waals surface area contributed by atoms with E-state index in [2.05, 4.69) is 4.90 Å². The van der Waals surface area contributed by atoms with Gasteiger partial charge in [-0.15, -0.1) is 0 Å². The molecule has 3 heterocycles. The first-order valence-electron chi connectivity index (χ1n) is 6.98. The van der Waals surface area contributed by atoms with E-state index < -0.39 is 0 Å². The third-order valence-electron chi connectivity index (χ3n) is 4.17. The van der Waals surface area contributed by atoms with Crippen molar-refractivity contribution in [3.63, 3.8) is 0 Å². The van der Waals surface area contributed by atoms with Crippen molar-refractivity contribution in [3.05, 3.63) is 0 Å². The maximum atomic E-state index is 5.79. The number of hydrogen-bond donors (Lipinski definition) is 0. The fourth-order valence-electron chi connectivity index (χ4n) is 3.10. The fourth-order valence-corrected chi connectivity index (χ4v) is 3.10. The molecule has 1 atom stereocenters. The Morgan fingerprint density at radius 1 is 1.00 bits per heavy atom. The highest BCUT2D eigenvalue weighted by Gasteiger charge is 2.40. The topological polar surface area (TPSA) is 30.9 Å². The second-order valence-corrected chi connectivity index (χ2v) is 5.40. The molecule has 0 aromatic heterocycles. The predicted octanol–water partition coefficient (Wildman–Crippen LogP) is 1.39. The molecule has 3 aliphatic heterocycles. The molecule has 0 aliphatic carbocycles. The SMILES string of the molecule is C1CCC(CN2CCC3(CC2)OCCO3)OC1. The van der Waals surface area contributed by atoms with Gasteiger partial charge in [-0.3, -0.25) is 0 Å². The molecule has 3 saturated heterocycles. The second-order valence-electron chi connectivity index (χ2n) is 5.40. The second kappa shape index (κ2) is 5.22. The van der Waals surface area contributed by atoms with Gasteiger partial charge in [0.05, 0.1) is 19.3 Å². The van der Waals surface area contributed by atoms with Crippen LogP contribution in [0.4, 0.5) is 0 Å². The van der Waals surface area contributed by atoms with Gasteiger partial charge in [0.15, 0.2) is 5.79 Å². The van der Waals surface area contributed by atoms with Crippen molar-refractivity contribution in [2.75, 3.05) is 39.5 Å². The van der Waals surface area contributed by atoms with Crippen LogP contribution in [0.25, 0.3) is 0 Å². The zero-order valence-corrected chi connectivity index (χ0v) is 10.5. The average Bonchev–Trinajstić information content (AvgIpc) is 2.83. The molecule has 4 nitrogen and oxygen atoms in total. The van der Waals surface area contributed by atoms with Crippen LogP contribution in [0.2, 0.25) is 0 Å². The summed E-state index contributed by atoms with van der Waals surface area (Å²) in [6.45, 7) is 5.75.